The molecule has 0 atom stereocenters. The van der Waals surface area contributed by atoms with Crippen molar-refractivity contribution < 1.29 is 9.18 Å². The van der Waals surface area contributed by atoms with E-state index in [1.807, 2.05) is 0 Å². The van der Waals surface area contributed by atoms with Gasteiger partial charge in [-0.25, -0.2) is 4.39 Å². The molecule has 94 valence electrons. The van der Waals surface area contributed by atoms with Gasteiger partial charge < -0.3 is 10.2 Å². The largest absolute Gasteiger partial charge is 0.336 e. The zero-order chi connectivity index (χ0) is 11.7. The first-order chi connectivity index (χ1) is 7.61. The fourth-order valence-electron chi connectivity index (χ4n) is 1.72. The number of carbonyl (C=O) groups excluding carboxylic acids is 1. The molecule has 5 heteroatoms. The van der Waals surface area contributed by atoms with Crippen molar-refractivity contribution in [3.63, 3.8) is 0 Å². The van der Waals surface area contributed by atoms with Crippen LogP contribution in [0.5, 0.6) is 0 Å². The molecule has 2 rings (SSSR count). The molecule has 0 spiro atoms. The van der Waals surface area contributed by atoms with Gasteiger partial charge in [0.2, 0.25) is 0 Å². The van der Waals surface area contributed by atoms with Gasteiger partial charge in [0.15, 0.2) is 0 Å². The van der Waals surface area contributed by atoms with Gasteiger partial charge in [-0.05, 0) is 18.6 Å². The van der Waals surface area contributed by atoms with E-state index in [1.165, 1.54) is 6.07 Å². The third-order valence-corrected chi connectivity index (χ3v) is 3.05. The second-order valence-electron chi connectivity index (χ2n) is 4.16. The summed E-state index contributed by atoms with van der Waals surface area (Å²) in [6.07, 6.45) is 0. The van der Waals surface area contributed by atoms with Crippen LogP contribution in [-0.4, -0.2) is 37.0 Å². The lowest BCUT2D eigenvalue weighted by molar-refractivity contribution is 0.0676. The quantitative estimate of drug-likeness (QED) is 0.874. The minimum Gasteiger partial charge on any atom is -0.336 e. The van der Waals surface area contributed by atoms with E-state index >= 15 is 0 Å². The normalized spacial score (nSPS) is 14.8. The van der Waals surface area contributed by atoms with Gasteiger partial charge in [-0.15, -0.1) is 12.4 Å². The minimum atomic E-state index is -0.411. The molecule has 1 fully saturated rings. The van der Waals surface area contributed by atoms with Crippen LogP contribution in [0.1, 0.15) is 15.9 Å². The van der Waals surface area contributed by atoms with Gasteiger partial charge in [-0.3, -0.25) is 4.79 Å². The highest BCUT2D eigenvalue weighted by molar-refractivity contribution is 5.94. The highest BCUT2D eigenvalue weighted by Crippen LogP contribution is 2.15. The first-order valence-electron chi connectivity index (χ1n) is 5.34. The Kier molecular flexibility index (Phi) is 4.48. The molecule has 17 heavy (non-hydrogen) atoms. The van der Waals surface area contributed by atoms with Crippen molar-refractivity contribution in [1.82, 2.24) is 10.2 Å². The third-order valence-electron chi connectivity index (χ3n) is 3.05. The van der Waals surface area contributed by atoms with Gasteiger partial charge in [0.25, 0.3) is 5.91 Å². The molecule has 0 radical (unpaired) electrons. The number of nitrogens with one attached hydrogen (secondary N) is 1. The van der Waals surface area contributed by atoms with Crippen molar-refractivity contribution >= 4 is 18.3 Å². The van der Waals surface area contributed by atoms with Crippen LogP contribution < -0.4 is 5.32 Å². The van der Waals surface area contributed by atoms with Crippen LogP contribution >= 0.6 is 12.4 Å². The highest BCUT2D eigenvalue weighted by atomic mass is 35.5. The van der Waals surface area contributed by atoms with Crippen molar-refractivity contribution in [3.05, 3.63) is 35.1 Å². The molecule has 3 nitrogen and oxygen atoms in total. The number of halogens is 2. The molecule has 0 saturated carbocycles. The Hall–Kier alpha value is -1.13. The van der Waals surface area contributed by atoms with Crippen molar-refractivity contribution in [1.29, 1.82) is 0 Å². The fraction of sp³-hybridized carbons (Fsp3) is 0.417. The molecule has 1 aromatic rings. The van der Waals surface area contributed by atoms with E-state index in [1.54, 1.807) is 31.0 Å². The zero-order valence-corrected chi connectivity index (χ0v) is 10.7. The van der Waals surface area contributed by atoms with Crippen LogP contribution in [-0.2, 0) is 0 Å². The minimum absolute atomic E-state index is 0. The third kappa shape index (κ3) is 2.58. The zero-order valence-electron chi connectivity index (χ0n) is 9.87. The first-order valence-corrected chi connectivity index (χ1v) is 5.34. The Labute approximate surface area is 106 Å². The molecule has 1 N–H and O–H groups in total. The van der Waals surface area contributed by atoms with E-state index < -0.39 is 5.82 Å². The molecule has 1 heterocycles. The number of benzene rings is 1. The van der Waals surface area contributed by atoms with Gasteiger partial charge in [-0.2, -0.15) is 0 Å². The smallest absolute Gasteiger partial charge is 0.256 e. The molecule has 1 aliphatic heterocycles. The van der Waals surface area contributed by atoms with Gasteiger partial charge in [0, 0.05) is 20.1 Å². The summed E-state index contributed by atoms with van der Waals surface area (Å²) in [5.41, 5.74) is 0.667. The van der Waals surface area contributed by atoms with Crippen LogP contribution in [0.4, 0.5) is 4.39 Å². The van der Waals surface area contributed by atoms with E-state index in [9.17, 15) is 9.18 Å². The average Bonchev–Trinajstić information content (AvgIpc) is 2.18. The maximum atomic E-state index is 13.7. The van der Waals surface area contributed by atoms with Crippen LogP contribution in [0.15, 0.2) is 18.2 Å². The maximum Gasteiger partial charge on any atom is 0.256 e. The molecule has 0 aromatic heterocycles. The number of aryl methyl sites for hydroxylation is 1. The average molecular weight is 259 g/mol. The second kappa shape index (κ2) is 5.47. The van der Waals surface area contributed by atoms with Crippen LogP contribution in [0.25, 0.3) is 0 Å². The van der Waals surface area contributed by atoms with Gasteiger partial charge in [0.1, 0.15) is 5.82 Å². The summed E-state index contributed by atoms with van der Waals surface area (Å²) in [5.74, 6) is -0.653. The topological polar surface area (TPSA) is 32.3 Å². The summed E-state index contributed by atoms with van der Waals surface area (Å²) < 4.78 is 13.7. The summed E-state index contributed by atoms with van der Waals surface area (Å²) in [6, 6.07) is 5.09. The van der Waals surface area contributed by atoms with E-state index in [0.29, 0.717) is 5.56 Å². The number of rotatable bonds is 2. The van der Waals surface area contributed by atoms with Gasteiger partial charge in [-0.1, -0.05) is 12.1 Å². The molecular formula is C12H16ClFN2O. The molecular weight excluding hydrogens is 243 g/mol. The second-order valence-corrected chi connectivity index (χ2v) is 4.16. The van der Waals surface area contributed by atoms with E-state index in [4.69, 9.17) is 0 Å². The molecule has 0 bridgehead atoms. The molecule has 1 aliphatic rings. The molecule has 0 unspecified atom stereocenters. The summed E-state index contributed by atoms with van der Waals surface area (Å²) in [6.45, 7) is 3.24. The van der Waals surface area contributed by atoms with Crippen LogP contribution in [0, 0.1) is 12.7 Å². The van der Waals surface area contributed by atoms with Gasteiger partial charge >= 0.3 is 0 Å². The molecule has 1 saturated heterocycles. The maximum absolute atomic E-state index is 13.7. The number of likely N-dealkylation sites (N-methyl/N-ethyl adjacent to an activating group) is 1. The monoisotopic (exact) mass is 258 g/mol. The van der Waals surface area contributed by atoms with Crippen molar-refractivity contribution in [2.24, 2.45) is 0 Å². The standard InChI is InChI=1S/C12H15FN2O.ClH/c1-8-4-3-5-10(11(8)13)12(16)15(2)9-6-14-7-9;/h3-5,9,14H,6-7H2,1-2H3;1H. The number of nitrogens with zero attached hydrogens (tertiary/aromatic N) is 1. The number of carbonyl (C=O) groups is 1. The Balaban J connectivity index is 0.00000144. The summed E-state index contributed by atoms with van der Waals surface area (Å²) >= 11 is 0. The summed E-state index contributed by atoms with van der Waals surface area (Å²) in [4.78, 5) is 13.6. The lowest BCUT2D eigenvalue weighted by Gasteiger charge is -2.35. The Bertz CT molecular complexity index is 421. The van der Waals surface area contributed by atoms with Crippen LogP contribution in [0.3, 0.4) is 0 Å². The van der Waals surface area contributed by atoms with Crippen molar-refractivity contribution in [2.45, 2.75) is 13.0 Å². The lowest BCUT2D eigenvalue weighted by Crippen LogP contribution is -2.57. The summed E-state index contributed by atoms with van der Waals surface area (Å²) in [5, 5.41) is 3.09. The lowest BCUT2D eigenvalue weighted by atomic mass is 10.1. The SMILES string of the molecule is Cc1cccc(C(=O)N(C)C2CNC2)c1F.Cl. The first kappa shape index (κ1) is 13.9. The van der Waals surface area contributed by atoms with Crippen LogP contribution in [0.2, 0.25) is 0 Å². The fourth-order valence-corrected chi connectivity index (χ4v) is 1.72. The Morgan fingerprint density at radius 3 is 2.65 bits per heavy atom. The molecule has 1 amide bonds. The summed E-state index contributed by atoms with van der Waals surface area (Å²) in [7, 11) is 1.72. The van der Waals surface area contributed by atoms with Crippen molar-refractivity contribution in [3.8, 4) is 0 Å². The number of hydrogen-bond acceptors (Lipinski definition) is 2. The Morgan fingerprint density at radius 2 is 2.12 bits per heavy atom. The van der Waals surface area contributed by atoms with E-state index in [2.05, 4.69) is 5.32 Å². The van der Waals surface area contributed by atoms with Crippen molar-refractivity contribution in [2.75, 3.05) is 20.1 Å². The number of hydrogen-bond donors (Lipinski definition) is 1. The predicted octanol–water partition coefficient (Wildman–Crippen LogP) is 1.60. The highest BCUT2D eigenvalue weighted by Gasteiger charge is 2.27. The Morgan fingerprint density at radius 1 is 1.47 bits per heavy atom. The molecule has 0 aliphatic carbocycles. The number of amides is 1. The predicted molar refractivity (Wildman–Crippen MR) is 67.1 cm³/mol. The molecule has 1 aromatic carbocycles. The van der Waals surface area contributed by atoms with Gasteiger partial charge in [0.05, 0.1) is 11.6 Å². The van der Waals surface area contributed by atoms with E-state index in [0.717, 1.165) is 13.1 Å². The van der Waals surface area contributed by atoms with E-state index in [-0.39, 0.29) is 29.9 Å².